The van der Waals surface area contributed by atoms with Crippen LogP contribution in [0.1, 0.15) is 16.1 Å². The highest BCUT2D eigenvalue weighted by molar-refractivity contribution is 7.11. The van der Waals surface area contributed by atoms with E-state index in [1.807, 2.05) is 47.8 Å². The molecule has 0 saturated heterocycles. The van der Waals surface area contributed by atoms with Crippen molar-refractivity contribution in [3.05, 3.63) is 82.3 Å². The lowest BCUT2D eigenvalue weighted by Crippen LogP contribution is -2.62. The van der Waals surface area contributed by atoms with Crippen LogP contribution in [-0.2, 0) is 20.9 Å². The highest BCUT2D eigenvalue weighted by Crippen LogP contribution is 2.31. The molecular formula is C21H18N4O3S. The maximum absolute atomic E-state index is 13.0. The van der Waals surface area contributed by atoms with Gasteiger partial charge in [-0.2, -0.15) is 0 Å². The van der Waals surface area contributed by atoms with Crippen molar-refractivity contribution in [3.63, 3.8) is 0 Å². The average Bonchev–Trinajstić information content (AvgIpc) is 3.26. The Hall–Kier alpha value is -3.36. The number of fused-ring (bicyclic) bond motifs is 1. The number of hydrogen-bond donors (Lipinski definition) is 1. The number of esters is 1. The molecular weight excluding hydrogens is 388 g/mol. The fraction of sp³-hybridized carbons (Fsp3) is 0.143. The van der Waals surface area contributed by atoms with E-state index in [1.165, 1.54) is 11.3 Å². The van der Waals surface area contributed by atoms with Crippen LogP contribution in [0.3, 0.4) is 0 Å². The number of anilines is 1. The molecule has 1 aliphatic heterocycles. The summed E-state index contributed by atoms with van der Waals surface area (Å²) in [5, 5.41) is 3.68. The van der Waals surface area contributed by atoms with Crippen LogP contribution in [0.15, 0.2) is 71.2 Å². The number of benzodiazepines with no additional fused rings is 1. The number of ether oxygens (including phenoxy) is 1. The number of aliphatic imine (C=N–C) groups is 1. The topological polar surface area (TPSA) is 97.9 Å². The average molecular weight is 406 g/mol. The summed E-state index contributed by atoms with van der Waals surface area (Å²) in [6.45, 7) is -0.141. The minimum atomic E-state index is -1.77. The smallest absolute Gasteiger partial charge is 0.343 e. The van der Waals surface area contributed by atoms with Crippen LogP contribution < -0.4 is 10.9 Å². The van der Waals surface area contributed by atoms with Gasteiger partial charge in [0.05, 0.1) is 12.2 Å². The summed E-state index contributed by atoms with van der Waals surface area (Å²) in [4.78, 5) is 34.1. The highest BCUT2D eigenvalue weighted by atomic mass is 32.1. The molecule has 0 saturated carbocycles. The van der Waals surface area contributed by atoms with E-state index in [-0.39, 0.29) is 13.2 Å². The van der Waals surface area contributed by atoms with Crippen molar-refractivity contribution >= 4 is 35.0 Å². The first-order chi connectivity index (χ1) is 14.2. The molecule has 29 heavy (non-hydrogen) atoms. The molecule has 4 rings (SSSR count). The van der Waals surface area contributed by atoms with Crippen molar-refractivity contribution in [3.8, 4) is 0 Å². The molecule has 0 amide bonds. The quantitative estimate of drug-likeness (QED) is 0.302. The van der Waals surface area contributed by atoms with Crippen LogP contribution in [0.2, 0.25) is 0 Å². The van der Waals surface area contributed by atoms with Crippen LogP contribution in [0.25, 0.3) is 0 Å². The van der Waals surface area contributed by atoms with Gasteiger partial charge in [-0.3, -0.25) is 14.8 Å². The minimum Gasteiger partial charge on any atom is -0.459 e. The lowest BCUT2D eigenvalue weighted by molar-refractivity contribution is -0.152. The lowest BCUT2D eigenvalue weighted by atomic mass is 10.00. The van der Waals surface area contributed by atoms with Crippen LogP contribution in [0.4, 0.5) is 5.69 Å². The molecule has 1 aliphatic rings. The first kappa shape index (κ1) is 19.0. The van der Waals surface area contributed by atoms with Gasteiger partial charge in [0.1, 0.15) is 17.3 Å². The van der Waals surface area contributed by atoms with Gasteiger partial charge in [0.2, 0.25) is 5.54 Å². The molecule has 7 nitrogen and oxygen atoms in total. The Kier molecular flexibility index (Phi) is 5.20. The Balaban J connectivity index is 1.72. The molecule has 1 atom stereocenters. The Labute approximate surface area is 171 Å². The van der Waals surface area contributed by atoms with Crippen molar-refractivity contribution in [1.29, 1.82) is 0 Å². The van der Waals surface area contributed by atoms with Gasteiger partial charge < -0.3 is 4.74 Å². The predicted octanol–water partition coefficient (Wildman–Crippen LogP) is 2.36. The number of nitrogens with zero attached hydrogens (tertiary/aromatic N) is 3. The number of benzene rings is 2. The van der Waals surface area contributed by atoms with Gasteiger partial charge in [0, 0.05) is 17.1 Å². The van der Waals surface area contributed by atoms with Gasteiger partial charge in [0.25, 0.3) is 0 Å². The largest absolute Gasteiger partial charge is 0.459 e. The maximum atomic E-state index is 13.0. The maximum Gasteiger partial charge on any atom is 0.343 e. The second-order valence-corrected chi connectivity index (χ2v) is 7.39. The monoisotopic (exact) mass is 406 g/mol. The van der Waals surface area contributed by atoms with Crippen molar-refractivity contribution in [2.75, 3.05) is 11.6 Å². The number of hydrogen-bond acceptors (Lipinski definition) is 8. The molecule has 1 aromatic heterocycles. The number of aromatic nitrogens is 1. The third-order valence-corrected chi connectivity index (χ3v) is 5.50. The molecule has 0 radical (unpaired) electrons. The van der Waals surface area contributed by atoms with E-state index in [9.17, 15) is 9.59 Å². The van der Waals surface area contributed by atoms with Crippen LogP contribution in [-0.4, -0.2) is 35.0 Å². The molecule has 0 spiro atoms. The van der Waals surface area contributed by atoms with E-state index in [1.54, 1.807) is 18.3 Å². The Morgan fingerprint density at radius 2 is 1.97 bits per heavy atom. The summed E-state index contributed by atoms with van der Waals surface area (Å²) in [5.41, 5.74) is 0.827. The van der Waals surface area contributed by atoms with E-state index in [0.29, 0.717) is 28.3 Å². The van der Waals surface area contributed by atoms with Crippen molar-refractivity contribution < 1.29 is 14.3 Å². The zero-order valence-electron chi connectivity index (χ0n) is 15.4. The van der Waals surface area contributed by atoms with Gasteiger partial charge in [-0.1, -0.05) is 48.5 Å². The molecule has 2 N–H and O–H groups in total. The molecule has 2 aromatic carbocycles. The molecule has 0 fully saturated rings. The van der Waals surface area contributed by atoms with E-state index in [2.05, 4.69) is 9.98 Å². The zero-order chi connectivity index (χ0) is 20.3. The summed E-state index contributed by atoms with van der Waals surface area (Å²) >= 11 is 1.42. The van der Waals surface area contributed by atoms with E-state index >= 15 is 0 Å². The van der Waals surface area contributed by atoms with Gasteiger partial charge in [-0.05, 0) is 11.6 Å². The second kappa shape index (κ2) is 7.94. The van der Waals surface area contributed by atoms with Gasteiger partial charge in [-0.15, -0.1) is 11.3 Å². The number of carbonyl (C=O) groups excluding carboxylic acids is 2. The summed E-state index contributed by atoms with van der Waals surface area (Å²) in [5.74, 6) is 5.58. The number of thiazole rings is 1. The number of rotatable bonds is 5. The molecule has 2 heterocycles. The fourth-order valence-electron chi connectivity index (χ4n) is 3.14. The fourth-order valence-corrected chi connectivity index (χ4v) is 3.79. The third kappa shape index (κ3) is 3.43. The first-order valence-electron chi connectivity index (χ1n) is 8.92. The van der Waals surface area contributed by atoms with Crippen LogP contribution in [0.5, 0.6) is 0 Å². The first-order valence-corrected chi connectivity index (χ1v) is 9.80. The summed E-state index contributed by atoms with van der Waals surface area (Å²) < 4.78 is 5.45. The lowest BCUT2D eigenvalue weighted by Gasteiger charge is -2.34. The zero-order valence-corrected chi connectivity index (χ0v) is 16.2. The Bertz CT molecular complexity index is 1050. The van der Waals surface area contributed by atoms with Crippen LogP contribution in [0, 0.1) is 0 Å². The SMILES string of the molecule is NN1c2ccccc2C(c2nccs2)=NCC1(C=O)C(=O)OCc1ccccc1. The minimum absolute atomic E-state index is 0.0355. The predicted molar refractivity (Wildman–Crippen MR) is 111 cm³/mol. The molecule has 0 bridgehead atoms. The summed E-state index contributed by atoms with van der Waals surface area (Å²) in [6.07, 6.45) is 2.18. The number of hydrazine groups is 1. The van der Waals surface area contributed by atoms with Gasteiger partial charge in [-0.25, -0.2) is 15.6 Å². The van der Waals surface area contributed by atoms with E-state index in [4.69, 9.17) is 10.6 Å². The number of carbonyl (C=O) groups is 2. The molecule has 0 aliphatic carbocycles. The van der Waals surface area contributed by atoms with Gasteiger partial charge in [0.15, 0.2) is 6.29 Å². The van der Waals surface area contributed by atoms with Crippen molar-refractivity contribution in [2.24, 2.45) is 10.8 Å². The van der Waals surface area contributed by atoms with E-state index < -0.39 is 11.5 Å². The molecule has 8 heteroatoms. The molecule has 1 unspecified atom stereocenters. The second-order valence-electron chi connectivity index (χ2n) is 6.49. The number of aldehydes is 1. The standard InChI is InChI=1S/C21H18N4O3S/c22-25-17-9-5-4-8-16(17)18(19-23-10-11-29-19)24-13-21(25,14-26)20(27)28-12-15-6-2-1-3-7-15/h1-11,14H,12-13,22H2. The molecule has 3 aromatic rings. The van der Waals surface area contributed by atoms with Crippen molar-refractivity contribution in [1.82, 2.24) is 4.98 Å². The summed E-state index contributed by atoms with van der Waals surface area (Å²) in [7, 11) is 0. The number of nitrogens with two attached hydrogens (primary N) is 1. The highest BCUT2D eigenvalue weighted by Gasteiger charge is 2.48. The normalized spacial score (nSPS) is 18.4. The molecule has 146 valence electrons. The number of para-hydroxylation sites is 1. The summed E-state index contributed by atoms with van der Waals surface area (Å²) in [6, 6.07) is 16.5. The Morgan fingerprint density at radius 3 is 2.69 bits per heavy atom. The third-order valence-electron chi connectivity index (χ3n) is 4.72. The van der Waals surface area contributed by atoms with Gasteiger partial charge >= 0.3 is 5.97 Å². The van der Waals surface area contributed by atoms with Crippen LogP contribution >= 0.6 is 11.3 Å². The Morgan fingerprint density at radius 1 is 1.21 bits per heavy atom. The van der Waals surface area contributed by atoms with Crippen molar-refractivity contribution in [2.45, 2.75) is 12.1 Å². The van der Waals surface area contributed by atoms with E-state index in [0.717, 1.165) is 10.6 Å².